The van der Waals surface area contributed by atoms with Gasteiger partial charge in [0, 0.05) is 23.6 Å². The summed E-state index contributed by atoms with van der Waals surface area (Å²) in [6.45, 7) is 0.385. The van der Waals surface area contributed by atoms with Gasteiger partial charge in [-0.2, -0.15) is 0 Å². The minimum Gasteiger partial charge on any atom is -0.360 e. The zero-order valence-corrected chi connectivity index (χ0v) is 12.3. The number of rotatable bonds is 3. The maximum atomic E-state index is 12.1. The lowest BCUT2D eigenvalue weighted by Gasteiger charge is -2.08. The third kappa shape index (κ3) is 3.49. The summed E-state index contributed by atoms with van der Waals surface area (Å²) in [5.41, 5.74) is 7.05. The Hall–Kier alpha value is -3.28. The molecular weight excluding hydrogens is 292 g/mol. The Morgan fingerprint density at radius 2 is 1.65 bits per heavy atom. The first-order valence-corrected chi connectivity index (χ1v) is 7.18. The van der Waals surface area contributed by atoms with Gasteiger partial charge >= 0.3 is 6.03 Å². The molecule has 0 aliphatic heterocycles. The number of hydrazine groups is 1. The van der Waals surface area contributed by atoms with Crippen molar-refractivity contribution in [3.63, 3.8) is 0 Å². The van der Waals surface area contributed by atoms with E-state index in [1.54, 1.807) is 6.20 Å². The summed E-state index contributed by atoms with van der Waals surface area (Å²) in [5, 5.41) is 3.47. The van der Waals surface area contributed by atoms with Crippen molar-refractivity contribution >= 4 is 22.8 Å². The highest BCUT2D eigenvalue weighted by Crippen LogP contribution is 2.16. The van der Waals surface area contributed by atoms with E-state index in [-0.39, 0.29) is 5.91 Å². The van der Waals surface area contributed by atoms with Crippen LogP contribution >= 0.6 is 0 Å². The maximum Gasteiger partial charge on any atom is 0.333 e. The Morgan fingerprint density at radius 3 is 2.48 bits per heavy atom. The van der Waals surface area contributed by atoms with Gasteiger partial charge in [-0.3, -0.25) is 10.2 Å². The van der Waals surface area contributed by atoms with Crippen LogP contribution in [0.15, 0.2) is 60.8 Å². The summed E-state index contributed by atoms with van der Waals surface area (Å²) < 4.78 is 0. The van der Waals surface area contributed by atoms with Crippen molar-refractivity contribution in [2.24, 2.45) is 0 Å². The molecule has 1 heterocycles. The van der Waals surface area contributed by atoms with Crippen molar-refractivity contribution in [3.8, 4) is 0 Å². The molecule has 6 heteroatoms. The largest absolute Gasteiger partial charge is 0.360 e. The molecule has 0 spiro atoms. The van der Waals surface area contributed by atoms with Gasteiger partial charge in [0.1, 0.15) is 0 Å². The van der Waals surface area contributed by atoms with Crippen molar-refractivity contribution in [2.75, 3.05) is 0 Å². The summed E-state index contributed by atoms with van der Waals surface area (Å²) in [7, 11) is 0. The van der Waals surface area contributed by atoms with Gasteiger partial charge < -0.3 is 10.3 Å². The number of para-hydroxylation sites is 1. The average molecular weight is 308 g/mol. The van der Waals surface area contributed by atoms with Gasteiger partial charge in [0.2, 0.25) is 0 Å². The number of hydrogen-bond donors (Lipinski definition) is 4. The van der Waals surface area contributed by atoms with Crippen LogP contribution in [0, 0.1) is 0 Å². The second-order valence-corrected chi connectivity index (χ2v) is 5.00. The summed E-state index contributed by atoms with van der Waals surface area (Å²) in [5.74, 6) is -0.377. The Morgan fingerprint density at radius 1 is 0.913 bits per heavy atom. The number of carbonyl (C=O) groups is 2. The molecule has 3 aromatic rings. The van der Waals surface area contributed by atoms with Crippen LogP contribution in [0.4, 0.5) is 4.79 Å². The first-order valence-electron chi connectivity index (χ1n) is 7.18. The lowest BCUT2D eigenvalue weighted by molar-refractivity contribution is 0.0938. The van der Waals surface area contributed by atoms with Crippen molar-refractivity contribution in [3.05, 3.63) is 71.9 Å². The van der Waals surface area contributed by atoms with Crippen LogP contribution in [0.25, 0.3) is 10.9 Å². The predicted molar refractivity (Wildman–Crippen MR) is 87.6 cm³/mol. The van der Waals surface area contributed by atoms with E-state index in [0.29, 0.717) is 12.1 Å². The van der Waals surface area contributed by atoms with E-state index in [0.717, 1.165) is 16.5 Å². The zero-order valence-electron chi connectivity index (χ0n) is 12.3. The van der Waals surface area contributed by atoms with Crippen LogP contribution in [0.1, 0.15) is 15.9 Å². The number of hydrogen-bond acceptors (Lipinski definition) is 2. The summed E-state index contributed by atoms with van der Waals surface area (Å²) in [6.07, 6.45) is 1.61. The number of aromatic nitrogens is 1. The predicted octanol–water partition coefficient (Wildman–Crippen LogP) is 2.31. The minimum atomic E-state index is -0.470. The number of carbonyl (C=O) groups excluding carboxylic acids is 2. The van der Waals surface area contributed by atoms with E-state index in [2.05, 4.69) is 21.2 Å². The van der Waals surface area contributed by atoms with Crippen LogP contribution in [0.5, 0.6) is 0 Å². The molecule has 0 aliphatic rings. The molecule has 3 amide bonds. The third-order valence-electron chi connectivity index (χ3n) is 3.42. The lowest BCUT2D eigenvalue weighted by atomic mass is 10.2. The molecule has 0 bridgehead atoms. The van der Waals surface area contributed by atoms with Crippen LogP contribution in [0.2, 0.25) is 0 Å². The topological polar surface area (TPSA) is 86.0 Å². The van der Waals surface area contributed by atoms with Gasteiger partial charge in [-0.05, 0) is 11.6 Å². The smallest absolute Gasteiger partial charge is 0.333 e. The van der Waals surface area contributed by atoms with Crippen LogP contribution in [-0.2, 0) is 6.54 Å². The van der Waals surface area contributed by atoms with E-state index < -0.39 is 6.03 Å². The van der Waals surface area contributed by atoms with Crippen LogP contribution in [0.3, 0.4) is 0 Å². The SMILES string of the molecule is O=C(NCc1ccccc1)NNC(=O)c1c[nH]c2ccccc12. The van der Waals surface area contributed by atoms with Crippen molar-refractivity contribution in [1.29, 1.82) is 0 Å². The number of fused-ring (bicyclic) bond motifs is 1. The van der Waals surface area contributed by atoms with Crippen LogP contribution < -0.4 is 16.2 Å². The molecule has 0 unspecified atom stereocenters. The fourth-order valence-corrected chi connectivity index (χ4v) is 2.26. The highest BCUT2D eigenvalue weighted by molar-refractivity contribution is 6.06. The fourth-order valence-electron chi connectivity index (χ4n) is 2.26. The molecule has 0 radical (unpaired) electrons. The molecule has 3 rings (SSSR count). The van der Waals surface area contributed by atoms with Gasteiger partial charge in [-0.25, -0.2) is 10.2 Å². The number of nitrogens with one attached hydrogen (secondary N) is 4. The summed E-state index contributed by atoms with van der Waals surface area (Å²) in [4.78, 5) is 26.8. The van der Waals surface area contributed by atoms with Crippen LogP contribution in [-0.4, -0.2) is 16.9 Å². The molecule has 0 atom stereocenters. The lowest BCUT2D eigenvalue weighted by Crippen LogP contribution is -2.46. The van der Waals surface area contributed by atoms with Crippen molar-refractivity contribution in [1.82, 2.24) is 21.2 Å². The standard InChI is InChI=1S/C17H16N4O2/c22-16(14-11-18-15-9-5-4-8-13(14)15)20-21-17(23)19-10-12-6-2-1-3-7-12/h1-9,11,18H,10H2,(H,20,22)(H2,19,21,23). The van der Waals surface area contributed by atoms with Gasteiger partial charge in [-0.1, -0.05) is 48.5 Å². The molecule has 6 nitrogen and oxygen atoms in total. The first kappa shape index (κ1) is 14.6. The molecule has 23 heavy (non-hydrogen) atoms. The van der Waals surface area contributed by atoms with E-state index in [4.69, 9.17) is 0 Å². The average Bonchev–Trinajstić information content (AvgIpc) is 3.03. The zero-order chi connectivity index (χ0) is 16.1. The quantitative estimate of drug-likeness (QED) is 0.560. The first-order chi connectivity index (χ1) is 11.2. The van der Waals surface area contributed by atoms with Gasteiger partial charge in [-0.15, -0.1) is 0 Å². The fraction of sp³-hybridized carbons (Fsp3) is 0.0588. The Bertz CT molecular complexity index is 827. The molecule has 0 saturated heterocycles. The Balaban J connectivity index is 1.53. The molecule has 4 N–H and O–H groups in total. The molecule has 116 valence electrons. The number of H-pyrrole nitrogens is 1. The van der Waals surface area contributed by atoms with E-state index >= 15 is 0 Å². The van der Waals surface area contributed by atoms with Gasteiger partial charge in [0.05, 0.1) is 5.56 Å². The van der Waals surface area contributed by atoms with E-state index in [1.807, 2.05) is 54.6 Å². The van der Waals surface area contributed by atoms with E-state index in [9.17, 15) is 9.59 Å². The third-order valence-corrected chi connectivity index (χ3v) is 3.42. The Kier molecular flexibility index (Phi) is 4.24. The highest BCUT2D eigenvalue weighted by atomic mass is 16.2. The molecular formula is C17H16N4O2. The number of urea groups is 1. The summed E-state index contributed by atoms with van der Waals surface area (Å²) >= 11 is 0. The normalized spacial score (nSPS) is 10.3. The number of benzene rings is 2. The number of aromatic amines is 1. The van der Waals surface area contributed by atoms with Gasteiger partial charge in [0.25, 0.3) is 5.91 Å². The Labute approximate surface area is 132 Å². The molecule has 1 aromatic heterocycles. The number of amides is 3. The minimum absolute atomic E-state index is 0.377. The maximum absolute atomic E-state index is 12.1. The molecule has 0 aliphatic carbocycles. The summed E-state index contributed by atoms with van der Waals surface area (Å²) in [6, 6.07) is 16.5. The van der Waals surface area contributed by atoms with Gasteiger partial charge in [0.15, 0.2) is 0 Å². The second-order valence-electron chi connectivity index (χ2n) is 5.00. The second kappa shape index (κ2) is 6.65. The highest BCUT2D eigenvalue weighted by Gasteiger charge is 2.12. The molecule has 0 fully saturated rings. The van der Waals surface area contributed by atoms with Crippen molar-refractivity contribution < 1.29 is 9.59 Å². The van der Waals surface area contributed by atoms with E-state index in [1.165, 1.54) is 0 Å². The molecule has 2 aromatic carbocycles. The monoisotopic (exact) mass is 308 g/mol. The molecule has 0 saturated carbocycles. The van der Waals surface area contributed by atoms with Crippen molar-refractivity contribution in [2.45, 2.75) is 6.54 Å².